The average Bonchev–Trinajstić information content (AvgIpc) is 1.82. The second-order valence-corrected chi connectivity index (χ2v) is 3.46. The van der Waals surface area contributed by atoms with E-state index < -0.39 is 5.60 Å². The summed E-state index contributed by atoms with van der Waals surface area (Å²) >= 11 is 0. The molecule has 0 amide bonds. The summed E-state index contributed by atoms with van der Waals surface area (Å²) in [6, 6.07) is 0. The smallest absolute Gasteiger partial charge is 0.333 e. The van der Waals surface area contributed by atoms with Gasteiger partial charge in [-0.1, -0.05) is 12.9 Å². The van der Waals surface area contributed by atoms with E-state index in [1.807, 2.05) is 28.6 Å². The summed E-state index contributed by atoms with van der Waals surface area (Å²) in [6.07, 6.45) is 0.648. The molecule has 2 nitrogen and oxygen atoms in total. The highest BCUT2D eigenvalue weighted by atomic mass is 16.6. The first-order valence-electron chi connectivity index (χ1n) is 3.78. The minimum Gasteiger partial charge on any atom is -0.457 e. The van der Waals surface area contributed by atoms with E-state index in [-0.39, 0.29) is 5.97 Å². The molecule has 0 atom stereocenters. The minimum absolute atomic E-state index is 0.292. The van der Waals surface area contributed by atoms with Gasteiger partial charge in [-0.3, -0.25) is 0 Å². The number of ether oxygens (including phenoxy) is 1. The molecule has 0 aromatic carbocycles. The van der Waals surface area contributed by atoms with Gasteiger partial charge in [0.2, 0.25) is 0 Å². The highest BCUT2D eigenvalue weighted by molar-refractivity contribution is 6.14. The zero-order valence-corrected chi connectivity index (χ0v) is 7.73. The topological polar surface area (TPSA) is 26.3 Å². The first kappa shape index (κ1) is 10.3. The van der Waals surface area contributed by atoms with E-state index in [2.05, 4.69) is 6.58 Å². The van der Waals surface area contributed by atoms with Crippen molar-refractivity contribution >= 4 is 13.8 Å². The predicted molar refractivity (Wildman–Crippen MR) is 48.3 cm³/mol. The van der Waals surface area contributed by atoms with Crippen LogP contribution in [0.2, 0.25) is 6.32 Å². The maximum atomic E-state index is 11.1. The van der Waals surface area contributed by atoms with Gasteiger partial charge in [-0.25, -0.2) is 4.79 Å². The second kappa shape index (κ2) is 3.60. The van der Waals surface area contributed by atoms with Crippen LogP contribution in [0, 0.1) is 0 Å². The van der Waals surface area contributed by atoms with E-state index in [9.17, 15) is 4.79 Å². The van der Waals surface area contributed by atoms with Crippen LogP contribution >= 0.6 is 0 Å². The number of hydrogen-bond acceptors (Lipinski definition) is 2. The quantitative estimate of drug-likeness (QED) is 0.336. The molecule has 0 aromatic heterocycles. The van der Waals surface area contributed by atoms with E-state index >= 15 is 0 Å². The van der Waals surface area contributed by atoms with Crippen LogP contribution in [0.4, 0.5) is 0 Å². The number of carbonyl (C=O) groups excluding carboxylic acids is 1. The van der Waals surface area contributed by atoms with Gasteiger partial charge in [0.1, 0.15) is 13.4 Å². The van der Waals surface area contributed by atoms with Gasteiger partial charge in [0, 0.05) is 5.57 Å². The van der Waals surface area contributed by atoms with Crippen LogP contribution in [0.5, 0.6) is 0 Å². The average molecular weight is 154 g/mol. The zero-order valence-electron chi connectivity index (χ0n) is 7.73. The van der Waals surface area contributed by atoms with Crippen LogP contribution in [0.3, 0.4) is 0 Å². The summed E-state index contributed by atoms with van der Waals surface area (Å²) in [5.41, 5.74) is 0.120. The van der Waals surface area contributed by atoms with Gasteiger partial charge in [-0.05, 0) is 20.8 Å². The molecule has 0 N–H and O–H groups in total. The Morgan fingerprint density at radius 1 is 1.55 bits per heavy atom. The van der Waals surface area contributed by atoms with Crippen molar-refractivity contribution in [2.24, 2.45) is 0 Å². The minimum atomic E-state index is -0.408. The van der Waals surface area contributed by atoms with Crippen molar-refractivity contribution in [3.63, 3.8) is 0 Å². The normalized spacial score (nSPS) is 10.8. The molecular formula is C8H15BO2. The lowest BCUT2D eigenvalue weighted by Gasteiger charge is -2.19. The van der Waals surface area contributed by atoms with E-state index in [0.29, 0.717) is 11.9 Å². The van der Waals surface area contributed by atoms with Crippen LogP contribution in [0.25, 0.3) is 0 Å². The number of carbonyl (C=O) groups is 1. The van der Waals surface area contributed by atoms with Crippen LogP contribution < -0.4 is 0 Å². The van der Waals surface area contributed by atoms with Gasteiger partial charge in [0.05, 0.1) is 0 Å². The Morgan fingerprint density at radius 2 is 2.00 bits per heavy atom. The van der Waals surface area contributed by atoms with Crippen LogP contribution in [-0.2, 0) is 9.53 Å². The molecule has 0 saturated carbocycles. The molecule has 0 aliphatic rings. The molecule has 0 spiro atoms. The van der Waals surface area contributed by atoms with Gasteiger partial charge >= 0.3 is 5.97 Å². The Bertz CT molecular complexity index is 167. The molecule has 3 heteroatoms. The summed E-state index contributed by atoms with van der Waals surface area (Å²) in [7, 11) is 1.88. The first-order valence-corrected chi connectivity index (χ1v) is 3.78. The largest absolute Gasteiger partial charge is 0.457 e. The molecular weight excluding hydrogens is 139 g/mol. The van der Waals surface area contributed by atoms with Gasteiger partial charge < -0.3 is 4.74 Å². The lowest BCUT2D eigenvalue weighted by molar-refractivity contribution is -0.149. The summed E-state index contributed by atoms with van der Waals surface area (Å²) in [4.78, 5) is 11.1. The number of hydrogen-bond donors (Lipinski definition) is 0. The van der Waals surface area contributed by atoms with Crippen LogP contribution in [0.15, 0.2) is 12.2 Å². The van der Waals surface area contributed by atoms with E-state index in [1.54, 1.807) is 0 Å². The summed E-state index contributed by atoms with van der Waals surface area (Å²) in [6.45, 7) is 9.11. The maximum absolute atomic E-state index is 11.1. The van der Waals surface area contributed by atoms with Crippen molar-refractivity contribution < 1.29 is 9.53 Å². The predicted octanol–water partition coefficient (Wildman–Crippen LogP) is 0.936. The Labute approximate surface area is 69.0 Å². The molecule has 62 valence electrons. The molecule has 0 bridgehead atoms. The molecule has 0 rings (SSSR count). The van der Waals surface area contributed by atoms with Crippen molar-refractivity contribution in [1.82, 2.24) is 0 Å². The zero-order chi connectivity index (χ0) is 9.07. The van der Waals surface area contributed by atoms with Crippen molar-refractivity contribution in [2.45, 2.75) is 32.7 Å². The summed E-state index contributed by atoms with van der Waals surface area (Å²) < 4.78 is 5.05. The Hall–Kier alpha value is -0.725. The Morgan fingerprint density at radius 3 is 2.27 bits per heavy atom. The lowest BCUT2D eigenvalue weighted by Crippen LogP contribution is -2.24. The second-order valence-electron chi connectivity index (χ2n) is 3.46. The third-order valence-electron chi connectivity index (χ3n) is 1.11. The third-order valence-corrected chi connectivity index (χ3v) is 1.11. The van der Waals surface area contributed by atoms with Crippen LogP contribution in [0.1, 0.15) is 20.8 Å². The van der Waals surface area contributed by atoms with Gasteiger partial charge in [-0.15, -0.1) is 0 Å². The molecule has 0 fully saturated rings. The highest BCUT2D eigenvalue weighted by Gasteiger charge is 2.16. The Kier molecular flexibility index (Phi) is 3.37. The first-order chi connectivity index (χ1) is 4.87. The fourth-order valence-electron chi connectivity index (χ4n) is 0.495. The monoisotopic (exact) mass is 154 g/mol. The third kappa shape index (κ3) is 4.65. The van der Waals surface area contributed by atoms with Crippen molar-refractivity contribution in [1.29, 1.82) is 0 Å². The fourth-order valence-corrected chi connectivity index (χ4v) is 0.495. The fraction of sp³-hybridized carbons (Fsp3) is 0.625. The maximum Gasteiger partial charge on any atom is 0.333 e. The molecule has 0 radical (unpaired) electrons. The van der Waals surface area contributed by atoms with Gasteiger partial charge in [-0.2, -0.15) is 0 Å². The van der Waals surface area contributed by atoms with Crippen molar-refractivity contribution in [3.8, 4) is 0 Å². The molecule has 0 aliphatic heterocycles. The molecule has 11 heavy (non-hydrogen) atoms. The van der Waals surface area contributed by atoms with Crippen molar-refractivity contribution in [3.05, 3.63) is 12.2 Å². The van der Waals surface area contributed by atoms with Gasteiger partial charge in [0.15, 0.2) is 0 Å². The Balaban J connectivity index is 3.99. The summed E-state index contributed by atoms with van der Waals surface area (Å²) in [5, 5.41) is 0. The molecule has 0 aromatic rings. The summed E-state index contributed by atoms with van der Waals surface area (Å²) in [5.74, 6) is -0.292. The van der Waals surface area contributed by atoms with Crippen LogP contribution in [-0.4, -0.2) is 19.4 Å². The standard InChI is InChI=1S/C8H15BO2/c1-6(5-9)7(10)11-8(2,3)4/h1,5,9H2,2-4H3. The van der Waals surface area contributed by atoms with E-state index in [0.717, 1.165) is 0 Å². The van der Waals surface area contributed by atoms with Gasteiger partial charge in [0.25, 0.3) is 0 Å². The molecule has 0 aliphatic carbocycles. The van der Waals surface area contributed by atoms with E-state index in [4.69, 9.17) is 4.74 Å². The van der Waals surface area contributed by atoms with Crippen molar-refractivity contribution in [2.75, 3.05) is 0 Å². The number of rotatable bonds is 2. The SMILES string of the molecule is BCC(=C)C(=O)OC(C)(C)C. The van der Waals surface area contributed by atoms with E-state index in [1.165, 1.54) is 0 Å². The number of esters is 1. The molecule has 0 heterocycles. The highest BCUT2D eigenvalue weighted by Crippen LogP contribution is 2.10. The lowest BCUT2D eigenvalue weighted by atomic mass is 9.98. The molecule has 0 unspecified atom stereocenters. The molecule has 0 saturated heterocycles.